The van der Waals surface area contributed by atoms with Gasteiger partial charge >= 0.3 is 0 Å². The van der Waals surface area contributed by atoms with Gasteiger partial charge in [0.1, 0.15) is 0 Å². The summed E-state index contributed by atoms with van der Waals surface area (Å²) in [7, 11) is 0. The molecular formula is C11H18ClN. The molecule has 74 valence electrons. The van der Waals surface area contributed by atoms with Crippen LogP contribution in [-0.2, 0) is 0 Å². The second-order valence-electron chi connectivity index (χ2n) is 4.66. The van der Waals surface area contributed by atoms with Gasteiger partial charge < -0.3 is 5.32 Å². The first-order chi connectivity index (χ1) is 6.27. The molecule has 1 nitrogen and oxygen atoms in total. The predicted molar refractivity (Wildman–Crippen MR) is 56.9 cm³/mol. The van der Waals surface area contributed by atoms with Gasteiger partial charge in [-0.1, -0.05) is 24.4 Å². The molecule has 0 bridgehead atoms. The maximum atomic E-state index is 5.60. The summed E-state index contributed by atoms with van der Waals surface area (Å²) in [6.45, 7) is 3.04. The van der Waals surface area contributed by atoms with Crippen LogP contribution in [0, 0.1) is 5.41 Å². The molecule has 1 N–H and O–H groups in total. The molecule has 0 saturated heterocycles. The third-order valence-electron chi connectivity index (χ3n) is 3.60. The monoisotopic (exact) mass is 199 g/mol. The second-order valence-corrected chi connectivity index (χ2v) is 4.88. The van der Waals surface area contributed by atoms with Crippen LogP contribution in [0.4, 0.5) is 0 Å². The highest BCUT2D eigenvalue weighted by atomic mass is 35.5. The van der Waals surface area contributed by atoms with E-state index in [2.05, 4.69) is 12.2 Å². The van der Waals surface area contributed by atoms with E-state index in [-0.39, 0.29) is 0 Å². The van der Waals surface area contributed by atoms with E-state index in [1.165, 1.54) is 37.7 Å². The van der Waals surface area contributed by atoms with Crippen LogP contribution in [0.5, 0.6) is 0 Å². The van der Waals surface area contributed by atoms with Gasteiger partial charge in [0.2, 0.25) is 0 Å². The number of rotatable bonds is 3. The minimum Gasteiger partial charge on any atom is -0.310 e. The summed E-state index contributed by atoms with van der Waals surface area (Å²) in [5.74, 6) is 0. The second kappa shape index (κ2) is 3.62. The summed E-state index contributed by atoms with van der Waals surface area (Å²) >= 11 is 5.60. The fourth-order valence-electron chi connectivity index (χ4n) is 2.59. The molecule has 0 aliphatic heterocycles. The Bertz CT molecular complexity index is 216. The molecule has 1 atom stereocenters. The van der Waals surface area contributed by atoms with E-state index in [4.69, 9.17) is 11.6 Å². The van der Waals surface area contributed by atoms with Crippen LogP contribution in [0.1, 0.15) is 39.0 Å². The molecule has 1 spiro atoms. The first-order valence-electron chi connectivity index (χ1n) is 5.26. The van der Waals surface area contributed by atoms with E-state index in [1.54, 1.807) is 5.54 Å². The fourth-order valence-corrected chi connectivity index (χ4v) is 2.67. The predicted octanol–water partition coefficient (Wildman–Crippen LogP) is 3.05. The lowest BCUT2D eigenvalue weighted by molar-refractivity contribution is 0.477. The number of halogens is 1. The summed E-state index contributed by atoms with van der Waals surface area (Å²) < 4.78 is 0. The van der Waals surface area contributed by atoms with Crippen LogP contribution in [0.25, 0.3) is 0 Å². The molecule has 2 saturated carbocycles. The summed E-state index contributed by atoms with van der Waals surface area (Å²) in [6.07, 6.45) is 7.20. The highest BCUT2D eigenvalue weighted by Gasteiger charge is 2.54. The van der Waals surface area contributed by atoms with Crippen LogP contribution in [-0.4, -0.2) is 12.6 Å². The third kappa shape index (κ3) is 1.92. The van der Waals surface area contributed by atoms with E-state index in [9.17, 15) is 0 Å². The molecule has 2 fully saturated rings. The summed E-state index contributed by atoms with van der Waals surface area (Å²) in [5, 5.41) is 3.59. The zero-order valence-electron chi connectivity index (χ0n) is 8.28. The van der Waals surface area contributed by atoms with Crippen LogP contribution < -0.4 is 5.32 Å². The Morgan fingerprint density at radius 1 is 1.54 bits per heavy atom. The van der Waals surface area contributed by atoms with Gasteiger partial charge in [-0.25, -0.2) is 0 Å². The lowest BCUT2D eigenvalue weighted by Gasteiger charge is -2.09. The van der Waals surface area contributed by atoms with Crippen molar-refractivity contribution >= 4 is 11.6 Å². The van der Waals surface area contributed by atoms with Crippen LogP contribution in [0.15, 0.2) is 11.1 Å². The van der Waals surface area contributed by atoms with Gasteiger partial charge in [-0.2, -0.15) is 0 Å². The zero-order chi connectivity index (χ0) is 9.31. The van der Waals surface area contributed by atoms with E-state index >= 15 is 0 Å². The van der Waals surface area contributed by atoms with E-state index < -0.39 is 0 Å². The Hall–Kier alpha value is -0.0100. The largest absolute Gasteiger partial charge is 0.310 e. The molecule has 2 heteroatoms. The number of hydrogen-bond acceptors (Lipinski definition) is 1. The minimum absolute atomic E-state index is 0.715. The van der Waals surface area contributed by atoms with Crippen molar-refractivity contribution in [3.63, 3.8) is 0 Å². The Labute approximate surface area is 85.5 Å². The fraction of sp³-hybridized carbons (Fsp3) is 0.818. The van der Waals surface area contributed by atoms with Crippen molar-refractivity contribution in [2.45, 2.75) is 45.1 Å². The van der Waals surface area contributed by atoms with Gasteiger partial charge in [-0.3, -0.25) is 0 Å². The van der Waals surface area contributed by atoms with Crippen molar-refractivity contribution in [3.8, 4) is 0 Å². The van der Waals surface area contributed by atoms with E-state index in [0.717, 1.165) is 12.6 Å². The van der Waals surface area contributed by atoms with E-state index in [1.807, 2.05) is 0 Å². The molecule has 13 heavy (non-hydrogen) atoms. The zero-order valence-corrected chi connectivity index (χ0v) is 9.03. The summed E-state index contributed by atoms with van der Waals surface area (Å²) in [4.78, 5) is 0. The standard InChI is InChI=1S/C11H18ClN/c1-9(7-12)8-13-10-6-11(10)4-2-3-5-11/h7,10,13H,2-6,8H2,1H3/b9-7+. The molecule has 0 aromatic heterocycles. The van der Waals surface area contributed by atoms with Crippen LogP contribution in [0.2, 0.25) is 0 Å². The van der Waals surface area contributed by atoms with Crippen molar-refractivity contribution in [3.05, 3.63) is 11.1 Å². The van der Waals surface area contributed by atoms with Crippen molar-refractivity contribution in [2.75, 3.05) is 6.54 Å². The average molecular weight is 200 g/mol. The molecular weight excluding hydrogens is 182 g/mol. The molecule has 0 aromatic rings. The Morgan fingerprint density at radius 2 is 2.23 bits per heavy atom. The normalized spacial score (nSPS) is 31.2. The van der Waals surface area contributed by atoms with Gasteiger partial charge in [0.05, 0.1) is 0 Å². The quantitative estimate of drug-likeness (QED) is 0.737. The van der Waals surface area contributed by atoms with E-state index in [0.29, 0.717) is 5.41 Å². The van der Waals surface area contributed by atoms with Gasteiger partial charge in [0, 0.05) is 18.1 Å². The molecule has 0 amide bonds. The number of hydrogen-bond donors (Lipinski definition) is 1. The van der Waals surface area contributed by atoms with Gasteiger partial charge in [0.25, 0.3) is 0 Å². The van der Waals surface area contributed by atoms with Gasteiger partial charge in [-0.15, -0.1) is 0 Å². The number of nitrogens with one attached hydrogen (secondary N) is 1. The topological polar surface area (TPSA) is 12.0 Å². The molecule has 0 radical (unpaired) electrons. The van der Waals surface area contributed by atoms with Crippen molar-refractivity contribution in [1.29, 1.82) is 0 Å². The smallest absolute Gasteiger partial charge is 0.0176 e. The molecule has 1 unspecified atom stereocenters. The highest BCUT2D eigenvalue weighted by molar-refractivity contribution is 6.25. The molecule has 2 rings (SSSR count). The first kappa shape index (κ1) is 9.54. The van der Waals surface area contributed by atoms with Crippen molar-refractivity contribution in [2.24, 2.45) is 5.41 Å². The molecule has 0 heterocycles. The minimum atomic E-state index is 0.715. The van der Waals surface area contributed by atoms with Crippen molar-refractivity contribution < 1.29 is 0 Å². The summed E-state index contributed by atoms with van der Waals surface area (Å²) in [5.41, 5.74) is 3.63. The molecule has 0 aromatic carbocycles. The average Bonchev–Trinajstić information content (AvgIpc) is 2.56. The third-order valence-corrected chi connectivity index (χ3v) is 3.98. The lowest BCUT2D eigenvalue weighted by atomic mass is 10.1. The van der Waals surface area contributed by atoms with Crippen molar-refractivity contribution in [1.82, 2.24) is 5.32 Å². The van der Waals surface area contributed by atoms with Crippen LogP contribution >= 0.6 is 11.6 Å². The first-order valence-corrected chi connectivity index (χ1v) is 5.70. The highest BCUT2D eigenvalue weighted by Crippen LogP contribution is 2.57. The summed E-state index contributed by atoms with van der Waals surface area (Å²) in [6, 6.07) is 0.793. The maximum absolute atomic E-state index is 5.60. The Morgan fingerprint density at radius 3 is 2.85 bits per heavy atom. The van der Waals surface area contributed by atoms with Gasteiger partial charge in [0.15, 0.2) is 0 Å². The Kier molecular flexibility index (Phi) is 2.66. The molecule has 2 aliphatic carbocycles. The SMILES string of the molecule is C/C(=C\Cl)CNC1CC12CCCC2. The molecule has 2 aliphatic rings. The lowest BCUT2D eigenvalue weighted by Crippen LogP contribution is -2.23. The van der Waals surface area contributed by atoms with Crippen LogP contribution in [0.3, 0.4) is 0 Å². The Balaban J connectivity index is 1.74. The maximum Gasteiger partial charge on any atom is 0.0176 e. The van der Waals surface area contributed by atoms with Gasteiger partial charge in [-0.05, 0) is 37.2 Å².